The van der Waals surface area contributed by atoms with E-state index in [1.807, 2.05) is 0 Å². The molecule has 2 aromatic rings. The summed E-state index contributed by atoms with van der Waals surface area (Å²) in [4.78, 5) is 78.0. The number of piperazine rings is 1. The van der Waals surface area contributed by atoms with Crippen molar-refractivity contribution in [2.75, 3.05) is 0 Å². The molecule has 0 aliphatic carbocycles. The molecule has 0 radical (unpaired) electrons. The second-order valence-electron chi connectivity index (χ2n) is 7.84. The van der Waals surface area contributed by atoms with Gasteiger partial charge in [0.1, 0.15) is 12.1 Å². The minimum absolute atomic E-state index is 0.00716. The van der Waals surface area contributed by atoms with Crippen molar-refractivity contribution in [2.45, 2.75) is 18.6 Å². The van der Waals surface area contributed by atoms with Gasteiger partial charge in [-0.05, 0) is 17.7 Å². The molecule has 3 heterocycles. The number of nitrogens with zero attached hydrogens (tertiary/aromatic N) is 3. The van der Waals surface area contributed by atoms with Gasteiger partial charge in [-0.2, -0.15) is 10.0 Å². The lowest BCUT2D eigenvalue weighted by Crippen LogP contribution is -2.67. The number of hydrogen-bond donors (Lipinski definition) is 2. The van der Waals surface area contributed by atoms with E-state index in [1.54, 1.807) is 30.3 Å². The first-order valence-electron chi connectivity index (χ1n) is 10.1. The van der Waals surface area contributed by atoms with Gasteiger partial charge in [-0.3, -0.25) is 24.1 Å². The first kappa shape index (κ1) is 21.2. The van der Waals surface area contributed by atoms with Gasteiger partial charge in [-0.25, -0.2) is 9.59 Å². The van der Waals surface area contributed by atoms with Crippen LogP contribution in [-0.2, 0) is 25.7 Å². The molecule has 11 nitrogen and oxygen atoms in total. The monoisotopic (exact) mass is 461 g/mol. The van der Waals surface area contributed by atoms with Crippen molar-refractivity contribution in [1.82, 2.24) is 14.9 Å². The fourth-order valence-electron chi connectivity index (χ4n) is 4.59. The summed E-state index contributed by atoms with van der Waals surface area (Å²) in [6.07, 6.45) is 0. The van der Waals surface area contributed by atoms with Crippen molar-refractivity contribution >= 4 is 35.6 Å². The lowest BCUT2D eigenvalue weighted by molar-refractivity contribution is -0.166. The van der Waals surface area contributed by atoms with Crippen molar-refractivity contribution < 1.29 is 39.0 Å². The van der Waals surface area contributed by atoms with Gasteiger partial charge >= 0.3 is 11.9 Å². The van der Waals surface area contributed by atoms with Crippen molar-refractivity contribution in [1.29, 1.82) is 0 Å². The third-order valence-electron chi connectivity index (χ3n) is 6.01. The number of carboxylic acids is 2. The number of carbonyl (C=O) groups excluding carboxylic acids is 4. The Labute approximate surface area is 191 Å². The van der Waals surface area contributed by atoms with E-state index >= 15 is 0 Å². The largest absolute Gasteiger partial charge is 0.478 e. The zero-order valence-electron chi connectivity index (χ0n) is 17.2. The van der Waals surface area contributed by atoms with Gasteiger partial charge in [-0.15, -0.1) is 0 Å². The number of fused-ring (bicyclic) bond motifs is 3. The Morgan fingerprint density at radius 3 is 1.59 bits per heavy atom. The highest BCUT2D eigenvalue weighted by Crippen LogP contribution is 2.41. The SMILES string of the molecule is O=C(O)C1=C(C(=O)O)C2C(=O)N(Cc3ccccc3)C(=O)C1N2N1C(=O)c2ccccc2C1=O. The van der Waals surface area contributed by atoms with Crippen LogP contribution in [0.3, 0.4) is 0 Å². The molecule has 0 saturated carbocycles. The predicted octanol–water partition coefficient (Wildman–Crippen LogP) is 0.285. The van der Waals surface area contributed by atoms with Gasteiger partial charge in [-0.1, -0.05) is 42.5 Å². The fourth-order valence-corrected chi connectivity index (χ4v) is 4.59. The molecule has 4 amide bonds. The zero-order chi connectivity index (χ0) is 24.3. The van der Waals surface area contributed by atoms with Crippen LogP contribution in [0.25, 0.3) is 0 Å². The van der Waals surface area contributed by atoms with Crippen molar-refractivity contribution in [3.8, 4) is 0 Å². The molecule has 2 N–H and O–H groups in total. The number of aliphatic carboxylic acids is 2. The summed E-state index contributed by atoms with van der Waals surface area (Å²) in [6.45, 7) is -0.235. The van der Waals surface area contributed by atoms with E-state index in [2.05, 4.69) is 0 Å². The molecule has 11 heteroatoms. The van der Waals surface area contributed by atoms with E-state index in [4.69, 9.17) is 0 Å². The Hall–Kier alpha value is -4.64. The first-order chi connectivity index (χ1) is 16.2. The molecule has 34 heavy (non-hydrogen) atoms. The Morgan fingerprint density at radius 1 is 0.706 bits per heavy atom. The van der Waals surface area contributed by atoms with Gasteiger partial charge in [0.2, 0.25) is 0 Å². The number of imide groups is 2. The molecule has 2 bridgehead atoms. The Bertz CT molecular complexity index is 1270. The molecule has 5 rings (SSSR count). The third kappa shape index (κ3) is 2.80. The van der Waals surface area contributed by atoms with Gasteiger partial charge in [0.25, 0.3) is 23.6 Å². The van der Waals surface area contributed by atoms with Crippen LogP contribution in [0.2, 0.25) is 0 Å². The topological polar surface area (TPSA) is 153 Å². The summed E-state index contributed by atoms with van der Waals surface area (Å²) in [7, 11) is 0. The number of hydrogen-bond acceptors (Lipinski definition) is 7. The molecule has 1 saturated heterocycles. The summed E-state index contributed by atoms with van der Waals surface area (Å²) in [6, 6.07) is 10.4. The number of benzene rings is 2. The minimum atomic E-state index is -1.86. The minimum Gasteiger partial charge on any atom is -0.478 e. The molecule has 3 aliphatic heterocycles. The van der Waals surface area contributed by atoms with Crippen LogP contribution < -0.4 is 0 Å². The van der Waals surface area contributed by atoms with Gasteiger partial charge in [0.15, 0.2) is 0 Å². The third-order valence-corrected chi connectivity index (χ3v) is 6.01. The number of carbonyl (C=O) groups is 6. The summed E-state index contributed by atoms with van der Waals surface area (Å²) < 4.78 is 0. The van der Waals surface area contributed by atoms with Crippen LogP contribution in [-0.4, -0.2) is 72.8 Å². The van der Waals surface area contributed by atoms with E-state index in [0.717, 1.165) is 4.90 Å². The van der Waals surface area contributed by atoms with Gasteiger partial charge < -0.3 is 10.2 Å². The fraction of sp³-hybridized carbons (Fsp3) is 0.130. The zero-order valence-corrected chi connectivity index (χ0v) is 17.2. The standard InChI is InChI=1S/C23H15N3O8/c27-18-12-8-4-5-9-13(12)19(28)26(18)25-16-14(22(31)32)15(23(33)34)17(25)21(30)24(20(16)29)10-11-6-2-1-3-7-11/h1-9,16-17H,10H2,(H,31,32)(H,33,34). The van der Waals surface area contributed by atoms with E-state index in [0.29, 0.717) is 15.6 Å². The van der Waals surface area contributed by atoms with Gasteiger partial charge in [0, 0.05) is 0 Å². The van der Waals surface area contributed by atoms with Crippen LogP contribution in [0.1, 0.15) is 26.3 Å². The Balaban J connectivity index is 1.65. The number of carboxylic acid groups (broad SMARTS) is 2. The molecule has 170 valence electrons. The summed E-state index contributed by atoms with van der Waals surface area (Å²) in [5.74, 6) is -7.35. The molecule has 3 aliphatic rings. The van der Waals surface area contributed by atoms with Crippen molar-refractivity contribution in [3.63, 3.8) is 0 Å². The highest BCUT2D eigenvalue weighted by molar-refractivity contribution is 6.23. The predicted molar refractivity (Wildman–Crippen MR) is 111 cm³/mol. The number of rotatable bonds is 5. The number of amides is 4. The quantitative estimate of drug-likeness (QED) is 0.598. The van der Waals surface area contributed by atoms with Crippen molar-refractivity contribution in [2.24, 2.45) is 0 Å². The average molecular weight is 461 g/mol. The van der Waals surface area contributed by atoms with Gasteiger partial charge in [0.05, 0.1) is 28.8 Å². The van der Waals surface area contributed by atoms with E-state index < -0.39 is 58.8 Å². The molecule has 2 aromatic carbocycles. The Kier molecular flexibility index (Phi) is 4.65. The van der Waals surface area contributed by atoms with E-state index in [1.165, 1.54) is 24.3 Å². The van der Waals surface area contributed by atoms with Crippen LogP contribution in [0, 0.1) is 0 Å². The molecular formula is C23H15N3O8. The number of hydrazine groups is 1. The molecule has 0 spiro atoms. The second-order valence-corrected chi connectivity index (χ2v) is 7.84. The molecule has 0 aromatic heterocycles. The lowest BCUT2D eigenvalue weighted by atomic mass is 10.0. The van der Waals surface area contributed by atoms with E-state index in [-0.39, 0.29) is 17.7 Å². The van der Waals surface area contributed by atoms with Crippen molar-refractivity contribution in [3.05, 3.63) is 82.4 Å². The highest BCUT2D eigenvalue weighted by atomic mass is 16.4. The average Bonchev–Trinajstić information content (AvgIpc) is 3.26. The maximum absolute atomic E-state index is 13.5. The normalized spacial score (nSPS) is 22.0. The summed E-state index contributed by atoms with van der Waals surface area (Å²) >= 11 is 0. The first-order valence-corrected chi connectivity index (χ1v) is 10.1. The molecule has 1 fully saturated rings. The van der Waals surface area contributed by atoms with Crippen LogP contribution in [0.15, 0.2) is 65.7 Å². The molecule has 2 atom stereocenters. The maximum atomic E-state index is 13.5. The maximum Gasteiger partial charge on any atom is 0.334 e. The van der Waals surface area contributed by atoms with Crippen LogP contribution in [0.4, 0.5) is 0 Å². The molecular weight excluding hydrogens is 446 g/mol. The lowest BCUT2D eigenvalue weighted by Gasteiger charge is -2.42. The van der Waals surface area contributed by atoms with E-state index in [9.17, 15) is 39.0 Å². The summed E-state index contributed by atoms with van der Waals surface area (Å²) in [5, 5.41) is 20.8. The Morgan fingerprint density at radius 2 is 1.15 bits per heavy atom. The summed E-state index contributed by atoms with van der Waals surface area (Å²) in [5.41, 5.74) is -1.18. The highest BCUT2D eigenvalue weighted by Gasteiger charge is 2.63. The smallest absolute Gasteiger partial charge is 0.334 e. The second kappa shape index (κ2) is 7.46. The van der Waals surface area contributed by atoms with Crippen LogP contribution >= 0.6 is 0 Å². The molecule has 2 unspecified atom stereocenters. The van der Waals surface area contributed by atoms with Crippen LogP contribution in [0.5, 0.6) is 0 Å².